The van der Waals surface area contributed by atoms with E-state index < -0.39 is 0 Å². The van der Waals surface area contributed by atoms with Gasteiger partial charge >= 0.3 is 6.85 Å². The van der Waals surface area contributed by atoms with Crippen LogP contribution in [0.1, 0.15) is 11.1 Å². The van der Waals surface area contributed by atoms with E-state index in [1.54, 1.807) is 0 Å². The largest absolute Gasteiger partial charge is 0.376 e. The first kappa shape index (κ1) is 19.5. The molecule has 0 unspecified atom stereocenters. The van der Waals surface area contributed by atoms with Crippen molar-refractivity contribution in [2.24, 2.45) is 0 Å². The Labute approximate surface area is 189 Å². The summed E-state index contributed by atoms with van der Waals surface area (Å²) < 4.78 is 0. The maximum absolute atomic E-state index is 6.24. The summed E-state index contributed by atoms with van der Waals surface area (Å²) >= 11 is 6.24. The van der Waals surface area contributed by atoms with Gasteiger partial charge in [0.15, 0.2) is 0 Å². The fourth-order valence-electron chi connectivity index (χ4n) is 4.20. The Bertz CT molecular complexity index is 1220. The molecule has 1 nitrogen and oxygen atoms in total. The number of benzene rings is 4. The molecule has 0 amide bonds. The van der Waals surface area contributed by atoms with Crippen molar-refractivity contribution in [3.63, 3.8) is 0 Å². The minimum absolute atomic E-state index is 0.0324. The van der Waals surface area contributed by atoms with Crippen molar-refractivity contribution < 1.29 is 0 Å². The molecular formula is C28H21BClN. The predicted molar refractivity (Wildman–Crippen MR) is 135 cm³/mol. The summed E-state index contributed by atoms with van der Waals surface area (Å²) in [5, 5.41) is 0.737. The van der Waals surface area contributed by atoms with Gasteiger partial charge in [0.05, 0.1) is 0 Å². The number of hydrogen-bond donors (Lipinski definition) is 0. The van der Waals surface area contributed by atoms with E-state index in [0.717, 1.165) is 16.4 Å². The summed E-state index contributed by atoms with van der Waals surface area (Å²) in [4.78, 5) is 2.42. The SMILES string of the molecule is Clc1ccc(N2B(c3ccccc3)C(c3ccccc3)=CC=C2c2ccccc2)cc1. The third kappa shape index (κ3) is 3.95. The molecular weight excluding hydrogens is 397 g/mol. The Morgan fingerprint density at radius 1 is 0.548 bits per heavy atom. The fraction of sp³-hybridized carbons (Fsp3) is 0. The molecule has 1 heterocycles. The summed E-state index contributed by atoms with van der Waals surface area (Å²) in [5.74, 6) is 0. The molecule has 0 bridgehead atoms. The van der Waals surface area contributed by atoms with E-state index in [4.69, 9.17) is 11.6 Å². The van der Waals surface area contributed by atoms with Crippen LogP contribution in [0.5, 0.6) is 0 Å². The lowest BCUT2D eigenvalue weighted by molar-refractivity contribution is 1.37. The second kappa shape index (κ2) is 8.71. The Morgan fingerprint density at radius 3 is 1.71 bits per heavy atom. The summed E-state index contributed by atoms with van der Waals surface area (Å²) in [6, 6.07) is 40.0. The molecule has 0 radical (unpaired) electrons. The van der Waals surface area contributed by atoms with Crippen LogP contribution < -0.4 is 10.3 Å². The number of nitrogens with zero attached hydrogens (tertiary/aromatic N) is 1. The standard InChI is InChI=1S/C28H21BClN/c30-25-16-18-26(19-17-25)31-28(23-12-6-2-7-13-23)21-20-27(22-10-4-1-5-11-22)29(31)24-14-8-3-9-15-24/h1-21H. The van der Waals surface area contributed by atoms with Gasteiger partial charge in [0, 0.05) is 16.4 Å². The van der Waals surface area contributed by atoms with E-state index in [-0.39, 0.29) is 6.85 Å². The molecule has 0 atom stereocenters. The monoisotopic (exact) mass is 417 g/mol. The molecule has 31 heavy (non-hydrogen) atoms. The van der Waals surface area contributed by atoms with Crippen molar-refractivity contribution >= 4 is 40.8 Å². The summed E-state index contributed by atoms with van der Waals surface area (Å²) in [6.45, 7) is 0.0324. The van der Waals surface area contributed by atoms with Crippen LogP contribution in [0.2, 0.25) is 5.02 Å². The fourth-order valence-corrected chi connectivity index (χ4v) is 4.33. The third-order valence-electron chi connectivity index (χ3n) is 5.63. The molecule has 4 aromatic rings. The maximum atomic E-state index is 6.24. The van der Waals surface area contributed by atoms with Gasteiger partial charge in [-0.25, -0.2) is 0 Å². The summed E-state index contributed by atoms with van der Waals surface area (Å²) in [6.07, 6.45) is 4.49. The van der Waals surface area contributed by atoms with Crippen molar-refractivity contribution in [1.82, 2.24) is 0 Å². The molecule has 0 spiro atoms. The molecule has 0 N–H and O–H groups in total. The van der Waals surface area contributed by atoms with Crippen molar-refractivity contribution in [3.8, 4) is 0 Å². The van der Waals surface area contributed by atoms with E-state index >= 15 is 0 Å². The van der Waals surface area contributed by atoms with E-state index in [1.807, 2.05) is 12.1 Å². The zero-order valence-electron chi connectivity index (χ0n) is 17.0. The Morgan fingerprint density at radius 2 is 1.10 bits per heavy atom. The van der Waals surface area contributed by atoms with Crippen molar-refractivity contribution in [3.05, 3.63) is 144 Å². The molecule has 0 fully saturated rings. The predicted octanol–water partition coefficient (Wildman–Crippen LogP) is 6.72. The lowest BCUT2D eigenvalue weighted by Gasteiger charge is -2.38. The number of halogens is 1. The highest BCUT2D eigenvalue weighted by Crippen LogP contribution is 2.36. The van der Waals surface area contributed by atoms with Crippen LogP contribution >= 0.6 is 11.6 Å². The molecule has 0 saturated carbocycles. The minimum Gasteiger partial charge on any atom is -0.376 e. The molecule has 0 aromatic heterocycles. The molecule has 4 aromatic carbocycles. The van der Waals surface area contributed by atoms with Crippen molar-refractivity contribution in [1.29, 1.82) is 0 Å². The molecule has 1 aliphatic rings. The zero-order valence-corrected chi connectivity index (χ0v) is 17.8. The van der Waals surface area contributed by atoms with Crippen LogP contribution in [0.3, 0.4) is 0 Å². The van der Waals surface area contributed by atoms with Crippen LogP contribution in [0.25, 0.3) is 11.2 Å². The van der Waals surface area contributed by atoms with Gasteiger partial charge in [0.25, 0.3) is 0 Å². The second-order valence-corrected chi connectivity index (χ2v) is 8.00. The smallest absolute Gasteiger partial charge is 0.328 e. The highest BCUT2D eigenvalue weighted by atomic mass is 35.5. The number of hydrogen-bond acceptors (Lipinski definition) is 1. The average molecular weight is 418 g/mol. The van der Waals surface area contributed by atoms with Crippen LogP contribution in [0, 0.1) is 0 Å². The lowest BCUT2D eigenvalue weighted by atomic mass is 9.45. The highest BCUT2D eigenvalue weighted by molar-refractivity contribution is 6.94. The number of anilines is 1. The number of rotatable bonds is 4. The molecule has 0 saturated heterocycles. The van der Waals surface area contributed by atoms with Crippen LogP contribution in [0.15, 0.2) is 127 Å². The maximum Gasteiger partial charge on any atom is 0.328 e. The van der Waals surface area contributed by atoms with Gasteiger partial charge in [0.1, 0.15) is 0 Å². The van der Waals surface area contributed by atoms with E-state index in [9.17, 15) is 0 Å². The molecule has 1 aliphatic heterocycles. The normalized spacial score (nSPS) is 13.6. The van der Waals surface area contributed by atoms with Crippen molar-refractivity contribution in [2.45, 2.75) is 0 Å². The first-order chi connectivity index (χ1) is 15.3. The van der Waals surface area contributed by atoms with Gasteiger partial charge in [-0.15, -0.1) is 0 Å². The van der Waals surface area contributed by atoms with Gasteiger partial charge < -0.3 is 4.81 Å². The molecule has 148 valence electrons. The highest BCUT2D eigenvalue weighted by Gasteiger charge is 2.35. The first-order valence-corrected chi connectivity index (χ1v) is 10.8. The topological polar surface area (TPSA) is 3.24 Å². The van der Waals surface area contributed by atoms with Crippen LogP contribution in [-0.4, -0.2) is 6.85 Å². The third-order valence-corrected chi connectivity index (χ3v) is 5.88. The first-order valence-electron chi connectivity index (χ1n) is 10.4. The van der Waals surface area contributed by atoms with Gasteiger partial charge in [-0.3, -0.25) is 0 Å². The molecule has 3 heteroatoms. The van der Waals surface area contributed by atoms with Crippen molar-refractivity contribution in [2.75, 3.05) is 4.81 Å². The summed E-state index contributed by atoms with van der Waals surface area (Å²) in [7, 11) is 0. The Balaban J connectivity index is 1.75. The van der Waals surface area contributed by atoms with E-state index in [1.165, 1.54) is 22.1 Å². The summed E-state index contributed by atoms with van der Waals surface area (Å²) in [5.41, 5.74) is 7.18. The second-order valence-electron chi connectivity index (χ2n) is 7.57. The van der Waals surface area contributed by atoms with Gasteiger partial charge in [-0.2, -0.15) is 0 Å². The quantitative estimate of drug-likeness (QED) is 0.333. The van der Waals surface area contributed by atoms with E-state index in [0.29, 0.717) is 0 Å². The Kier molecular flexibility index (Phi) is 5.47. The van der Waals surface area contributed by atoms with E-state index in [2.05, 4.69) is 120 Å². The zero-order chi connectivity index (χ0) is 21.0. The average Bonchev–Trinajstić information content (AvgIpc) is 2.85. The minimum atomic E-state index is 0.0324. The van der Waals surface area contributed by atoms with Gasteiger partial charge in [-0.1, -0.05) is 114 Å². The van der Waals surface area contributed by atoms with Crippen LogP contribution in [-0.2, 0) is 0 Å². The Hall–Kier alpha value is -3.49. The molecule has 0 aliphatic carbocycles. The number of allylic oxidation sites excluding steroid dienone is 2. The van der Waals surface area contributed by atoms with Gasteiger partial charge in [-0.05, 0) is 46.9 Å². The van der Waals surface area contributed by atoms with Crippen LogP contribution in [0.4, 0.5) is 5.69 Å². The molecule has 5 rings (SSSR count). The lowest BCUT2D eigenvalue weighted by Crippen LogP contribution is -2.50. The van der Waals surface area contributed by atoms with Gasteiger partial charge in [0.2, 0.25) is 0 Å².